The standard InChI is InChI=1S/C28H52N2O4/c1-25(2)16-20(17-26(3,4)29-25)22(14-12-10-9-11-13-15-23(31)32)24(33)34-21-18-27(5,6)30-28(7,8)19-21/h20-22,29-30H,9-19H2,1-8H3,(H,31,32). The average Bonchev–Trinajstić information content (AvgIpc) is 2.58. The fourth-order valence-corrected chi connectivity index (χ4v) is 6.97. The van der Waals surface area contributed by atoms with E-state index in [4.69, 9.17) is 9.84 Å². The lowest BCUT2D eigenvalue weighted by Gasteiger charge is -2.49. The van der Waals surface area contributed by atoms with Crippen molar-refractivity contribution in [3.8, 4) is 0 Å². The zero-order chi connectivity index (χ0) is 25.8. The molecule has 2 aliphatic heterocycles. The van der Waals surface area contributed by atoms with Crippen molar-refractivity contribution in [2.45, 2.75) is 154 Å². The van der Waals surface area contributed by atoms with E-state index >= 15 is 0 Å². The molecule has 0 aromatic carbocycles. The highest BCUT2D eigenvalue weighted by atomic mass is 16.5. The molecule has 0 amide bonds. The second-order valence-electron chi connectivity index (χ2n) is 13.7. The molecular weight excluding hydrogens is 428 g/mol. The summed E-state index contributed by atoms with van der Waals surface area (Å²) in [7, 11) is 0. The van der Waals surface area contributed by atoms with Gasteiger partial charge in [0.15, 0.2) is 0 Å². The van der Waals surface area contributed by atoms with Gasteiger partial charge >= 0.3 is 11.9 Å². The zero-order valence-corrected chi connectivity index (χ0v) is 23.2. The van der Waals surface area contributed by atoms with Crippen LogP contribution in [0.5, 0.6) is 0 Å². The molecule has 0 bridgehead atoms. The van der Waals surface area contributed by atoms with Crippen LogP contribution >= 0.6 is 0 Å². The minimum absolute atomic E-state index is 0.0112. The molecule has 0 aromatic rings. The number of carbonyl (C=O) groups excluding carboxylic acids is 1. The quantitative estimate of drug-likeness (QED) is 0.255. The van der Waals surface area contributed by atoms with E-state index in [0.29, 0.717) is 5.92 Å². The van der Waals surface area contributed by atoms with Crippen molar-refractivity contribution in [1.29, 1.82) is 0 Å². The van der Waals surface area contributed by atoms with Crippen LogP contribution in [0, 0.1) is 11.8 Å². The first-order chi connectivity index (χ1) is 15.5. The molecule has 2 heterocycles. The SMILES string of the molecule is CC1(C)CC(OC(=O)C(CCCCCCCC(=O)O)C2CC(C)(C)NC(C)(C)C2)CC(C)(C)N1. The van der Waals surface area contributed by atoms with Crippen LogP contribution in [0.15, 0.2) is 0 Å². The van der Waals surface area contributed by atoms with Crippen LogP contribution in [-0.4, -0.2) is 45.3 Å². The predicted molar refractivity (Wildman–Crippen MR) is 138 cm³/mol. The van der Waals surface area contributed by atoms with Gasteiger partial charge in [-0.2, -0.15) is 0 Å². The van der Waals surface area contributed by atoms with Crippen LogP contribution in [0.3, 0.4) is 0 Å². The second-order valence-corrected chi connectivity index (χ2v) is 13.7. The van der Waals surface area contributed by atoms with E-state index in [1.54, 1.807) is 0 Å². The fourth-order valence-electron chi connectivity index (χ4n) is 6.97. The minimum Gasteiger partial charge on any atom is -0.481 e. The monoisotopic (exact) mass is 480 g/mol. The van der Waals surface area contributed by atoms with E-state index in [0.717, 1.165) is 64.2 Å². The highest BCUT2D eigenvalue weighted by Crippen LogP contribution is 2.40. The molecule has 34 heavy (non-hydrogen) atoms. The Morgan fingerprint density at radius 2 is 1.21 bits per heavy atom. The molecule has 2 saturated heterocycles. The van der Waals surface area contributed by atoms with Gasteiger partial charge in [0, 0.05) is 41.4 Å². The number of nitrogens with one attached hydrogen (secondary N) is 2. The molecule has 3 N–H and O–H groups in total. The maximum atomic E-state index is 13.7. The molecule has 198 valence electrons. The number of hydrogen-bond donors (Lipinski definition) is 3. The third kappa shape index (κ3) is 9.85. The Morgan fingerprint density at radius 1 is 0.765 bits per heavy atom. The number of aliphatic carboxylic acids is 1. The van der Waals surface area contributed by atoms with Crippen molar-refractivity contribution >= 4 is 11.9 Å². The Labute approximate surface area is 208 Å². The highest BCUT2D eigenvalue weighted by molar-refractivity contribution is 5.73. The maximum Gasteiger partial charge on any atom is 0.309 e. The first-order valence-electron chi connectivity index (χ1n) is 13.5. The van der Waals surface area contributed by atoms with Crippen molar-refractivity contribution < 1.29 is 19.4 Å². The van der Waals surface area contributed by atoms with Gasteiger partial charge in [0.25, 0.3) is 0 Å². The Bertz CT molecular complexity index is 667. The van der Waals surface area contributed by atoms with Crippen molar-refractivity contribution in [1.82, 2.24) is 10.6 Å². The Kier molecular flexibility index (Phi) is 9.65. The van der Waals surface area contributed by atoms with Crippen LogP contribution < -0.4 is 10.6 Å². The summed E-state index contributed by atoms with van der Waals surface area (Å²) in [6.07, 6.45) is 9.38. The van der Waals surface area contributed by atoms with Crippen LogP contribution in [0.1, 0.15) is 126 Å². The van der Waals surface area contributed by atoms with Gasteiger partial charge in [0.1, 0.15) is 6.10 Å². The predicted octanol–water partition coefficient (Wildman–Crippen LogP) is 5.83. The van der Waals surface area contributed by atoms with Crippen molar-refractivity contribution in [3.63, 3.8) is 0 Å². The summed E-state index contributed by atoms with van der Waals surface area (Å²) in [5.74, 6) is -0.514. The van der Waals surface area contributed by atoms with E-state index in [2.05, 4.69) is 66.0 Å². The molecule has 0 radical (unpaired) electrons. The van der Waals surface area contributed by atoms with E-state index in [9.17, 15) is 9.59 Å². The topological polar surface area (TPSA) is 87.7 Å². The van der Waals surface area contributed by atoms with Crippen LogP contribution in [-0.2, 0) is 14.3 Å². The molecule has 1 unspecified atom stereocenters. The highest BCUT2D eigenvalue weighted by Gasteiger charge is 2.45. The van der Waals surface area contributed by atoms with Crippen molar-refractivity contribution in [3.05, 3.63) is 0 Å². The molecule has 0 aliphatic carbocycles. The van der Waals surface area contributed by atoms with Crippen molar-refractivity contribution in [2.75, 3.05) is 0 Å². The summed E-state index contributed by atoms with van der Waals surface area (Å²) in [4.78, 5) is 24.4. The summed E-state index contributed by atoms with van der Waals surface area (Å²) >= 11 is 0. The number of hydrogen-bond acceptors (Lipinski definition) is 5. The molecule has 0 spiro atoms. The number of esters is 1. The average molecular weight is 481 g/mol. The van der Waals surface area contributed by atoms with E-state index in [1.165, 1.54) is 0 Å². The lowest BCUT2D eigenvalue weighted by atomic mass is 9.69. The second kappa shape index (κ2) is 11.3. The number of piperidine rings is 2. The van der Waals surface area contributed by atoms with E-state index in [-0.39, 0.29) is 46.6 Å². The van der Waals surface area contributed by atoms with Crippen LogP contribution in [0.2, 0.25) is 0 Å². The molecule has 0 saturated carbocycles. The molecule has 0 aromatic heterocycles. The van der Waals surface area contributed by atoms with E-state index < -0.39 is 5.97 Å². The van der Waals surface area contributed by atoms with Gasteiger partial charge in [-0.05, 0) is 87.0 Å². The molecular formula is C28H52N2O4. The summed E-state index contributed by atoms with van der Waals surface area (Å²) in [6, 6.07) is 0. The van der Waals surface area contributed by atoms with Gasteiger partial charge < -0.3 is 20.5 Å². The van der Waals surface area contributed by atoms with Gasteiger partial charge in [-0.15, -0.1) is 0 Å². The smallest absolute Gasteiger partial charge is 0.309 e. The van der Waals surface area contributed by atoms with Gasteiger partial charge in [-0.1, -0.05) is 25.7 Å². The van der Waals surface area contributed by atoms with Crippen LogP contribution in [0.25, 0.3) is 0 Å². The third-order valence-electron chi connectivity index (χ3n) is 7.43. The lowest BCUT2D eigenvalue weighted by Crippen LogP contribution is -2.60. The van der Waals surface area contributed by atoms with Gasteiger partial charge in [-0.25, -0.2) is 0 Å². The molecule has 6 heteroatoms. The summed E-state index contributed by atoms with van der Waals surface area (Å²) in [5, 5.41) is 16.2. The molecule has 1 atom stereocenters. The molecule has 2 fully saturated rings. The Morgan fingerprint density at radius 3 is 1.71 bits per heavy atom. The fraction of sp³-hybridized carbons (Fsp3) is 0.929. The number of carbonyl (C=O) groups is 2. The third-order valence-corrected chi connectivity index (χ3v) is 7.43. The van der Waals surface area contributed by atoms with Gasteiger partial charge in [-0.3, -0.25) is 9.59 Å². The number of rotatable bonds is 11. The zero-order valence-electron chi connectivity index (χ0n) is 23.2. The first-order valence-corrected chi connectivity index (χ1v) is 13.5. The number of ether oxygens (including phenoxy) is 1. The van der Waals surface area contributed by atoms with Crippen LogP contribution in [0.4, 0.5) is 0 Å². The summed E-state index contributed by atoms with van der Waals surface area (Å²) < 4.78 is 6.27. The normalized spacial score (nSPS) is 24.9. The maximum absolute atomic E-state index is 13.7. The molecule has 6 nitrogen and oxygen atoms in total. The first kappa shape index (κ1) is 29.1. The molecule has 2 aliphatic rings. The Hall–Kier alpha value is -1.14. The Balaban J connectivity index is 2.05. The van der Waals surface area contributed by atoms with Gasteiger partial charge in [0.2, 0.25) is 0 Å². The summed E-state index contributed by atoms with van der Waals surface area (Å²) in [6.45, 7) is 17.7. The largest absolute Gasteiger partial charge is 0.481 e. The minimum atomic E-state index is -0.719. The van der Waals surface area contributed by atoms with E-state index in [1.807, 2.05) is 0 Å². The molecule has 2 rings (SSSR count). The summed E-state index contributed by atoms with van der Waals surface area (Å²) in [5.41, 5.74) is -0.144. The van der Waals surface area contributed by atoms with Gasteiger partial charge in [0.05, 0.1) is 5.92 Å². The lowest BCUT2D eigenvalue weighted by molar-refractivity contribution is -0.162. The number of carboxylic acid groups (broad SMARTS) is 1. The van der Waals surface area contributed by atoms with Crippen molar-refractivity contribution in [2.24, 2.45) is 11.8 Å². The number of unbranched alkanes of at least 4 members (excludes halogenated alkanes) is 4. The number of carboxylic acids is 1.